The molecule has 13 nitrogen and oxygen atoms in total. The van der Waals surface area contributed by atoms with Crippen molar-refractivity contribution in [3.63, 3.8) is 0 Å². The molecule has 13 heteroatoms. The number of ketones is 1. The van der Waals surface area contributed by atoms with E-state index in [1.807, 2.05) is 13.8 Å². The normalized spacial score (nSPS) is 12.0. The average Bonchev–Trinajstić information content (AvgIpc) is 2.93. The van der Waals surface area contributed by atoms with Gasteiger partial charge in [-0.3, -0.25) is 29.2 Å². The van der Waals surface area contributed by atoms with Gasteiger partial charge in [0.1, 0.15) is 11.8 Å². The molecule has 3 amide bonds. The number of hydrogen-bond donors (Lipinski definition) is 7. The van der Waals surface area contributed by atoms with Gasteiger partial charge in [-0.2, -0.15) is 0 Å². The van der Waals surface area contributed by atoms with E-state index in [0.717, 1.165) is 51.4 Å². The Hall–Kier alpha value is -3.38. The highest BCUT2D eigenvalue weighted by molar-refractivity contribution is 5.87. The second-order valence-corrected chi connectivity index (χ2v) is 10.2. The van der Waals surface area contributed by atoms with Gasteiger partial charge >= 0.3 is 0 Å². The first kappa shape index (κ1) is 37.6. The van der Waals surface area contributed by atoms with E-state index in [1.165, 1.54) is 0 Å². The molecule has 0 aliphatic rings. The Morgan fingerprint density at radius 2 is 1.20 bits per heavy atom. The molecule has 11 N–H and O–H groups in total. The minimum atomic E-state index is -0.671. The Kier molecular flexibility index (Phi) is 22.4. The number of aliphatic imine (C=N–C) groups is 2. The van der Waals surface area contributed by atoms with E-state index in [-0.39, 0.29) is 41.3 Å². The second-order valence-electron chi connectivity index (χ2n) is 10.2. The zero-order chi connectivity index (χ0) is 30.9. The number of carbonyl (C=O) groups excluding carboxylic acids is 4. The van der Waals surface area contributed by atoms with Crippen molar-refractivity contribution < 1.29 is 19.2 Å². The lowest BCUT2D eigenvalue weighted by molar-refractivity contribution is -0.129. The molecule has 0 saturated heterocycles. The molecule has 0 spiro atoms. The van der Waals surface area contributed by atoms with Gasteiger partial charge in [-0.05, 0) is 57.8 Å². The number of hydrogen-bond acceptors (Lipinski definition) is 6. The number of carbonyl (C=O) groups is 4. The van der Waals surface area contributed by atoms with Gasteiger partial charge in [0.25, 0.3) is 0 Å². The monoisotopic (exact) mass is 581 g/mol. The molecule has 0 fully saturated rings. The summed E-state index contributed by atoms with van der Waals surface area (Å²) in [5.74, 6) is -0.184. The van der Waals surface area contributed by atoms with Gasteiger partial charge in [-0.25, -0.2) is 0 Å². The predicted octanol–water partition coefficient (Wildman–Crippen LogP) is 0.937. The summed E-state index contributed by atoms with van der Waals surface area (Å²) in [5.41, 5.74) is 21.4. The van der Waals surface area contributed by atoms with Crippen LogP contribution in [-0.2, 0) is 19.2 Å². The Morgan fingerprint density at radius 3 is 1.73 bits per heavy atom. The van der Waals surface area contributed by atoms with E-state index >= 15 is 0 Å². The Morgan fingerprint density at radius 1 is 0.659 bits per heavy atom. The van der Waals surface area contributed by atoms with E-state index in [1.54, 1.807) is 0 Å². The molecule has 0 heterocycles. The molecule has 0 radical (unpaired) electrons. The summed E-state index contributed by atoms with van der Waals surface area (Å²) in [5, 5.41) is 8.70. The van der Waals surface area contributed by atoms with Gasteiger partial charge < -0.3 is 38.9 Å². The summed E-state index contributed by atoms with van der Waals surface area (Å²) in [6.07, 6.45) is 9.20. The molecule has 2 atom stereocenters. The van der Waals surface area contributed by atoms with E-state index < -0.39 is 6.04 Å². The third-order valence-electron chi connectivity index (χ3n) is 6.67. The van der Waals surface area contributed by atoms with Crippen LogP contribution in [0.3, 0.4) is 0 Å². The molecular weight excluding hydrogens is 526 g/mol. The second kappa shape index (κ2) is 24.4. The maximum atomic E-state index is 12.7. The molecule has 0 bridgehead atoms. The fourth-order valence-corrected chi connectivity index (χ4v) is 4.18. The third kappa shape index (κ3) is 22.0. The van der Waals surface area contributed by atoms with Gasteiger partial charge in [0.2, 0.25) is 17.7 Å². The Labute approximate surface area is 245 Å². The van der Waals surface area contributed by atoms with Crippen LogP contribution < -0.4 is 38.9 Å². The zero-order valence-corrected chi connectivity index (χ0v) is 25.2. The van der Waals surface area contributed by atoms with Crippen molar-refractivity contribution in [2.75, 3.05) is 26.2 Å². The fraction of sp³-hybridized carbons (Fsp3) is 0.786. The van der Waals surface area contributed by atoms with Crippen molar-refractivity contribution >= 4 is 35.4 Å². The number of nitrogens with zero attached hydrogens (tertiary/aromatic N) is 2. The van der Waals surface area contributed by atoms with Crippen LogP contribution in [-0.4, -0.2) is 67.6 Å². The number of nitrogens with two attached hydrogens (primary N) is 4. The van der Waals surface area contributed by atoms with Crippen molar-refractivity contribution in [2.24, 2.45) is 38.8 Å². The standard InChI is InChI=1S/C28H55N9O4/c1-3-21(13-11-19-35-27(29)30)25(40)33-17-10-6-8-16-24(39)37-23(15-12-20-36-28(31)32)26(41)34-18-9-5-7-14-22(38)4-2/h21,23H,3-20H2,1-2H3,(H,33,40)(H,34,41)(H,37,39)(H4,29,30,35)(H4,31,32,36). The van der Waals surface area contributed by atoms with Crippen LogP contribution in [0, 0.1) is 5.92 Å². The largest absolute Gasteiger partial charge is 0.370 e. The molecule has 0 saturated carbocycles. The van der Waals surface area contributed by atoms with Crippen LogP contribution in [0.5, 0.6) is 0 Å². The molecule has 0 aromatic rings. The maximum absolute atomic E-state index is 12.7. The molecule has 0 aliphatic carbocycles. The molecule has 41 heavy (non-hydrogen) atoms. The Bertz CT molecular complexity index is 825. The highest BCUT2D eigenvalue weighted by Gasteiger charge is 2.20. The molecule has 236 valence electrons. The first-order valence-electron chi connectivity index (χ1n) is 15.1. The molecular formula is C28H55N9O4. The van der Waals surface area contributed by atoms with Gasteiger partial charge in [-0.1, -0.05) is 26.7 Å². The van der Waals surface area contributed by atoms with E-state index in [9.17, 15) is 19.2 Å². The van der Waals surface area contributed by atoms with Crippen molar-refractivity contribution in [3.05, 3.63) is 0 Å². The fourth-order valence-electron chi connectivity index (χ4n) is 4.18. The van der Waals surface area contributed by atoms with Crippen molar-refractivity contribution in [1.29, 1.82) is 0 Å². The van der Waals surface area contributed by atoms with Crippen molar-refractivity contribution in [2.45, 2.75) is 110 Å². The smallest absolute Gasteiger partial charge is 0.242 e. The van der Waals surface area contributed by atoms with Crippen molar-refractivity contribution in [3.8, 4) is 0 Å². The number of amides is 3. The first-order chi connectivity index (χ1) is 19.6. The predicted molar refractivity (Wildman–Crippen MR) is 164 cm³/mol. The molecule has 0 aromatic heterocycles. The quantitative estimate of drug-likeness (QED) is 0.0464. The number of unbranched alkanes of at least 4 members (excludes halogenated alkanes) is 4. The summed E-state index contributed by atoms with van der Waals surface area (Å²) in [4.78, 5) is 57.0. The minimum absolute atomic E-state index is 0.0131. The molecule has 0 rings (SSSR count). The van der Waals surface area contributed by atoms with Gasteiger partial charge in [0, 0.05) is 51.4 Å². The SMILES string of the molecule is CCC(=O)CCCCCNC(=O)C(CCCN=C(N)N)NC(=O)CCCCCNC(=O)C(CC)CCCN=C(N)N. The van der Waals surface area contributed by atoms with E-state index in [2.05, 4.69) is 25.9 Å². The number of guanidine groups is 2. The topological polar surface area (TPSA) is 233 Å². The zero-order valence-electron chi connectivity index (χ0n) is 25.2. The van der Waals surface area contributed by atoms with Crippen LogP contribution in [0.2, 0.25) is 0 Å². The number of nitrogens with one attached hydrogen (secondary N) is 3. The summed E-state index contributed by atoms with van der Waals surface area (Å²) in [7, 11) is 0. The molecule has 0 aliphatic heterocycles. The van der Waals surface area contributed by atoms with E-state index in [4.69, 9.17) is 22.9 Å². The van der Waals surface area contributed by atoms with Crippen LogP contribution >= 0.6 is 0 Å². The first-order valence-corrected chi connectivity index (χ1v) is 15.1. The summed E-state index contributed by atoms with van der Waals surface area (Å²) in [6, 6.07) is -0.671. The van der Waals surface area contributed by atoms with Crippen molar-refractivity contribution in [1.82, 2.24) is 16.0 Å². The average molecular weight is 582 g/mol. The van der Waals surface area contributed by atoms with Gasteiger partial charge in [-0.15, -0.1) is 0 Å². The summed E-state index contributed by atoms with van der Waals surface area (Å²) < 4.78 is 0. The lowest BCUT2D eigenvalue weighted by Crippen LogP contribution is -2.47. The van der Waals surface area contributed by atoms with E-state index in [0.29, 0.717) is 64.7 Å². The van der Waals surface area contributed by atoms with Crippen LogP contribution in [0.4, 0.5) is 0 Å². The summed E-state index contributed by atoms with van der Waals surface area (Å²) in [6.45, 7) is 5.75. The minimum Gasteiger partial charge on any atom is -0.370 e. The number of Topliss-reactive ketones (excluding diaryl/α,β-unsaturated/α-hetero) is 1. The van der Waals surface area contributed by atoms with Gasteiger partial charge in [0.05, 0.1) is 0 Å². The molecule has 2 unspecified atom stereocenters. The highest BCUT2D eigenvalue weighted by atomic mass is 16.2. The maximum Gasteiger partial charge on any atom is 0.242 e. The lowest BCUT2D eigenvalue weighted by Gasteiger charge is -2.18. The molecule has 0 aromatic carbocycles. The lowest BCUT2D eigenvalue weighted by atomic mass is 9.99. The van der Waals surface area contributed by atoms with Gasteiger partial charge in [0.15, 0.2) is 11.9 Å². The van der Waals surface area contributed by atoms with Crippen LogP contribution in [0.15, 0.2) is 9.98 Å². The number of rotatable bonds is 25. The highest BCUT2D eigenvalue weighted by Crippen LogP contribution is 2.11. The summed E-state index contributed by atoms with van der Waals surface area (Å²) >= 11 is 0. The Balaban J connectivity index is 4.40. The van der Waals surface area contributed by atoms with Crippen LogP contribution in [0.1, 0.15) is 104 Å². The van der Waals surface area contributed by atoms with Crippen LogP contribution in [0.25, 0.3) is 0 Å². The third-order valence-corrected chi connectivity index (χ3v) is 6.67.